The lowest BCUT2D eigenvalue weighted by atomic mass is 10.0. The largest absolute Gasteiger partial charge is 0.342 e. The van der Waals surface area contributed by atoms with Gasteiger partial charge in [0.25, 0.3) is 5.56 Å². The van der Waals surface area contributed by atoms with Crippen molar-refractivity contribution in [2.45, 2.75) is 45.2 Å². The van der Waals surface area contributed by atoms with E-state index in [2.05, 4.69) is 28.1 Å². The van der Waals surface area contributed by atoms with Crippen LogP contribution in [0.5, 0.6) is 0 Å². The van der Waals surface area contributed by atoms with E-state index >= 15 is 0 Å². The third-order valence-electron chi connectivity index (χ3n) is 5.82. The van der Waals surface area contributed by atoms with Gasteiger partial charge in [0.05, 0.1) is 0 Å². The smallest absolute Gasteiger partial charge is 0.252 e. The fourth-order valence-electron chi connectivity index (χ4n) is 4.21. The van der Waals surface area contributed by atoms with E-state index in [0.717, 1.165) is 48.8 Å². The number of carbonyl (C=O) groups is 1. The maximum atomic E-state index is 12.5. The predicted molar refractivity (Wildman–Crippen MR) is 98.7 cm³/mol. The molecule has 2 heterocycles. The highest BCUT2D eigenvalue weighted by molar-refractivity contribution is 5.81. The molecule has 1 fully saturated rings. The molecule has 1 aromatic heterocycles. The highest BCUT2D eigenvalue weighted by Gasteiger charge is 2.27. The van der Waals surface area contributed by atoms with Gasteiger partial charge in [-0.1, -0.05) is 0 Å². The average Bonchev–Trinajstić information content (AvgIpc) is 3.21. The van der Waals surface area contributed by atoms with Crippen molar-refractivity contribution in [1.29, 1.82) is 0 Å². The molecule has 0 saturated carbocycles. The Hall–Kier alpha value is -2.14. The quantitative estimate of drug-likeness (QED) is 0.931. The molecular formula is C20H25N3O2. The van der Waals surface area contributed by atoms with Crippen molar-refractivity contribution >= 4 is 16.8 Å². The molecule has 2 aromatic rings. The molecule has 1 aromatic carbocycles. The van der Waals surface area contributed by atoms with Gasteiger partial charge in [-0.05, 0) is 60.4 Å². The number of rotatable bonds is 3. The second kappa shape index (κ2) is 6.30. The second-order valence-corrected chi connectivity index (χ2v) is 7.49. The first-order valence-electron chi connectivity index (χ1n) is 9.15. The van der Waals surface area contributed by atoms with Crippen LogP contribution in [0.4, 0.5) is 0 Å². The van der Waals surface area contributed by atoms with Crippen molar-refractivity contribution in [2.75, 3.05) is 20.1 Å². The van der Waals surface area contributed by atoms with Gasteiger partial charge in [0, 0.05) is 50.7 Å². The van der Waals surface area contributed by atoms with E-state index in [-0.39, 0.29) is 17.5 Å². The van der Waals surface area contributed by atoms with Gasteiger partial charge in [-0.3, -0.25) is 14.5 Å². The Bertz CT molecular complexity index is 886. The van der Waals surface area contributed by atoms with Gasteiger partial charge in [0.2, 0.25) is 5.91 Å². The number of likely N-dealkylation sites (N-methyl/N-ethyl adjacent to an activating group) is 1. The fourth-order valence-corrected chi connectivity index (χ4v) is 4.21. The summed E-state index contributed by atoms with van der Waals surface area (Å²) >= 11 is 0. The number of carbonyl (C=O) groups excluding carboxylic acids is 1. The maximum absolute atomic E-state index is 12.5. The molecule has 4 rings (SSSR count). The number of aromatic nitrogens is 1. The molecule has 1 atom stereocenters. The first-order valence-corrected chi connectivity index (χ1v) is 9.15. The topological polar surface area (TPSA) is 56.4 Å². The van der Waals surface area contributed by atoms with E-state index in [1.165, 1.54) is 17.5 Å². The number of pyridine rings is 1. The Morgan fingerprint density at radius 3 is 2.80 bits per heavy atom. The van der Waals surface area contributed by atoms with Crippen molar-refractivity contribution in [3.05, 3.63) is 45.2 Å². The summed E-state index contributed by atoms with van der Waals surface area (Å²) in [6.45, 7) is 4.00. The van der Waals surface area contributed by atoms with Gasteiger partial charge >= 0.3 is 0 Å². The number of H-pyrrole nitrogens is 1. The Morgan fingerprint density at radius 1 is 1.28 bits per heavy atom. The van der Waals surface area contributed by atoms with Gasteiger partial charge in [0.15, 0.2) is 0 Å². The molecule has 1 amide bonds. The Balaban J connectivity index is 1.56. The zero-order valence-corrected chi connectivity index (χ0v) is 15.0. The number of likely N-dealkylation sites (tertiary alicyclic amines) is 1. The number of amides is 1. The van der Waals surface area contributed by atoms with Crippen LogP contribution in [0, 0.1) is 0 Å². The van der Waals surface area contributed by atoms with Crippen molar-refractivity contribution in [1.82, 2.24) is 14.8 Å². The summed E-state index contributed by atoms with van der Waals surface area (Å²) < 4.78 is 0. The second-order valence-electron chi connectivity index (χ2n) is 7.49. The third kappa shape index (κ3) is 3.09. The summed E-state index contributed by atoms with van der Waals surface area (Å²) in [6, 6.07) is 6.69. The minimum absolute atomic E-state index is 0.00817. The predicted octanol–water partition coefficient (Wildman–Crippen LogP) is 2.07. The molecule has 1 aliphatic carbocycles. The van der Waals surface area contributed by atoms with Crippen molar-refractivity contribution in [2.24, 2.45) is 0 Å². The Labute approximate surface area is 147 Å². The average molecular weight is 339 g/mol. The van der Waals surface area contributed by atoms with Crippen LogP contribution >= 0.6 is 0 Å². The van der Waals surface area contributed by atoms with Crippen LogP contribution in [0.2, 0.25) is 0 Å². The molecule has 5 nitrogen and oxygen atoms in total. The normalized spacial score (nSPS) is 20.2. The molecule has 2 aliphatic rings. The third-order valence-corrected chi connectivity index (χ3v) is 5.82. The molecule has 0 spiro atoms. The highest BCUT2D eigenvalue weighted by atomic mass is 16.2. The van der Waals surface area contributed by atoms with Gasteiger partial charge in [-0.2, -0.15) is 0 Å². The van der Waals surface area contributed by atoms with Crippen molar-refractivity contribution < 1.29 is 4.79 Å². The van der Waals surface area contributed by atoms with E-state index in [9.17, 15) is 9.59 Å². The molecule has 0 radical (unpaired) electrons. The number of hydrogen-bond donors (Lipinski definition) is 1. The maximum Gasteiger partial charge on any atom is 0.252 e. The van der Waals surface area contributed by atoms with Gasteiger partial charge in [-0.15, -0.1) is 0 Å². The summed E-state index contributed by atoms with van der Waals surface area (Å²) in [4.78, 5) is 31.2. The summed E-state index contributed by atoms with van der Waals surface area (Å²) in [5, 5.41) is 1.13. The van der Waals surface area contributed by atoms with Crippen LogP contribution in [0.1, 0.15) is 36.5 Å². The first-order chi connectivity index (χ1) is 12.0. The van der Waals surface area contributed by atoms with Gasteiger partial charge in [-0.25, -0.2) is 0 Å². The summed E-state index contributed by atoms with van der Waals surface area (Å²) in [5.41, 5.74) is 4.58. The number of fused-ring (bicyclic) bond motifs is 2. The summed E-state index contributed by atoms with van der Waals surface area (Å²) in [7, 11) is 1.86. The number of nitrogens with one attached hydrogen (secondary N) is 1. The fraction of sp³-hybridized carbons (Fsp3) is 0.500. The standard InChI is InChI=1S/C20H25N3O2/c1-13(24)22(2)18-6-7-23(12-18)11-17-9-16-8-14-4-3-5-15(14)10-19(16)21-20(17)25/h8-10,18H,3-7,11-12H2,1-2H3,(H,21,25)/t18-/m1/s1. The lowest BCUT2D eigenvalue weighted by Crippen LogP contribution is -2.37. The molecule has 0 unspecified atom stereocenters. The zero-order chi connectivity index (χ0) is 17.6. The van der Waals surface area contributed by atoms with E-state index in [1.54, 1.807) is 6.92 Å². The van der Waals surface area contributed by atoms with Crippen molar-refractivity contribution in [3.63, 3.8) is 0 Å². The number of aromatic amines is 1. The first kappa shape index (κ1) is 16.3. The van der Waals surface area contributed by atoms with Crippen LogP contribution in [0.25, 0.3) is 10.9 Å². The molecule has 0 bridgehead atoms. The van der Waals surface area contributed by atoms with Crippen molar-refractivity contribution in [3.8, 4) is 0 Å². The summed E-state index contributed by atoms with van der Waals surface area (Å²) in [5.74, 6) is 0.101. The van der Waals surface area contributed by atoms with E-state index in [0.29, 0.717) is 6.54 Å². The lowest BCUT2D eigenvalue weighted by Gasteiger charge is -2.23. The number of benzene rings is 1. The van der Waals surface area contributed by atoms with Crippen LogP contribution in [0.15, 0.2) is 23.0 Å². The lowest BCUT2D eigenvalue weighted by molar-refractivity contribution is -0.129. The molecule has 1 saturated heterocycles. The SMILES string of the molecule is CC(=O)N(C)[C@@H]1CCN(Cc2cc3cc4c(cc3[nH]c2=O)CCC4)C1. The summed E-state index contributed by atoms with van der Waals surface area (Å²) in [6.07, 6.45) is 4.44. The minimum atomic E-state index is 0.00817. The van der Waals surface area contributed by atoms with Crippen LogP contribution < -0.4 is 5.56 Å². The Morgan fingerprint density at radius 2 is 2.04 bits per heavy atom. The highest BCUT2D eigenvalue weighted by Crippen LogP contribution is 2.26. The molecule has 1 N–H and O–H groups in total. The number of nitrogens with zero attached hydrogens (tertiary/aromatic N) is 2. The zero-order valence-electron chi connectivity index (χ0n) is 15.0. The van der Waals surface area contributed by atoms with Crippen LogP contribution in [-0.2, 0) is 24.2 Å². The number of aryl methyl sites for hydroxylation is 2. The molecule has 5 heteroatoms. The van der Waals surface area contributed by atoms with Crippen LogP contribution in [0.3, 0.4) is 0 Å². The van der Waals surface area contributed by atoms with E-state index in [4.69, 9.17) is 0 Å². The van der Waals surface area contributed by atoms with Gasteiger partial charge < -0.3 is 9.88 Å². The Kier molecular flexibility index (Phi) is 4.12. The molecule has 132 valence electrons. The van der Waals surface area contributed by atoms with Crippen LogP contribution in [-0.4, -0.2) is 46.9 Å². The van der Waals surface area contributed by atoms with E-state index in [1.807, 2.05) is 11.9 Å². The monoisotopic (exact) mass is 339 g/mol. The van der Waals surface area contributed by atoms with Gasteiger partial charge in [0.1, 0.15) is 0 Å². The number of hydrogen-bond acceptors (Lipinski definition) is 3. The molecular weight excluding hydrogens is 314 g/mol. The minimum Gasteiger partial charge on any atom is -0.342 e. The van der Waals surface area contributed by atoms with E-state index < -0.39 is 0 Å². The molecule has 25 heavy (non-hydrogen) atoms. The molecule has 1 aliphatic heterocycles.